The van der Waals surface area contributed by atoms with Gasteiger partial charge in [0.05, 0.1) is 16.8 Å². The van der Waals surface area contributed by atoms with Crippen molar-refractivity contribution >= 4 is 56.6 Å². The number of hydrogen-bond acceptors (Lipinski definition) is 2. The Hall–Kier alpha value is -8.98. The molecule has 5 aliphatic rings. The van der Waals surface area contributed by atoms with E-state index in [1.165, 1.54) is 100 Å². The van der Waals surface area contributed by atoms with Gasteiger partial charge in [-0.25, -0.2) is 0 Å². The van der Waals surface area contributed by atoms with Crippen molar-refractivity contribution in [2.75, 3.05) is 4.90 Å². The van der Waals surface area contributed by atoms with Crippen LogP contribution < -0.4 is 4.90 Å². The van der Waals surface area contributed by atoms with Gasteiger partial charge in [0, 0.05) is 34.0 Å². The predicted molar refractivity (Wildman–Crippen MR) is 291 cm³/mol. The average molecular weight is 890 g/mol. The molecule has 2 heteroatoms. The normalized spacial score (nSPS) is 16.7. The Morgan fingerprint density at radius 1 is 0.443 bits per heavy atom. The van der Waals surface area contributed by atoms with Crippen LogP contribution in [0, 0.1) is 5.41 Å². The van der Waals surface area contributed by atoms with Crippen LogP contribution in [0.5, 0.6) is 0 Å². The fourth-order valence-corrected chi connectivity index (χ4v) is 12.5. The van der Waals surface area contributed by atoms with E-state index < -0.39 is 5.41 Å². The Morgan fingerprint density at radius 3 is 1.81 bits per heavy atom. The molecule has 0 amide bonds. The van der Waals surface area contributed by atoms with Gasteiger partial charge in [-0.05, 0) is 132 Å². The molecule has 2 nitrogen and oxygen atoms in total. The summed E-state index contributed by atoms with van der Waals surface area (Å²) >= 11 is 0. The topological polar surface area (TPSA) is 16.4 Å². The summed E-state index contributed by atoms with van der Waals surface area (Å²) in [6.07, 6.45) is 17.8. The van der Waals surface area contributed by atoms with Crippen molar-refractivity contribution in [3.8, 4) is 44.5 Å². The quantitative estimate of drug-likeness (QED) is 0.165. The summed E-state index contributed by atoms with van der Waals surface area (Å²) in [6, 6.07) is 75.7. The molecule has 0 saturated carbocycles. The third kappa shape index (κ3) is 5.50. The first kappa shape index (κ1) is 39.1. The molecule has 0 bridgehead atoms. The van der Waals surface area contributed by atoms with Crippen molar-refractivity contribution in [2.24, 2.45) is 5.41 Å². The number of anilines is 2. The highest BCUT2D eigenvalue weighted by Gasteiger charge is 2.51. The molecule has 10 aromatic rings. The molecule has 70 heavy (non-hydrogen) atoms. The van der Waals surface area contributed by atoms with Gasteiger partial charge in [0.2, 0.25) is 0 Å². The van der Waals surface area contributed by atoms with Crippen LogP contribution in [0.4, 0.5) is 11.4 Å². The van der Waals surface area contributed by atoms with Gasteiger partial charge in [-0.1, -0.05) is 206 Å². The minimum absolute atomic E-state index is 0.720. The molecule has 1 unspecified atom stereocenters. The van der Waals surface area contributed by atoms with E-state index in [9.17, 15) is 0 Å². The molecule has 1 aromatic heterocycles. The van der Waals surface area contributed by atoms with Crippen molar-refractivity contribution in [1.82, 2.24) is 0 Å². The lowest BCUT2D eigenvalue weighted by molar-refractivity contribution is 0.669. The van der Waals surface area contributed by atoms with Gasteiger partial charge in [0.25, 0.3) is 0 Å². The standard InChI is InChI=1S/C68H43NO/c1-3-19-43(20-4-1)56-42-57-50-28-12-7-23-45(50)39-58(57)67(65(56)44-21-5-2-6-22-44)69(61-33-15-13-29-53(61)54-31-17-35-63-66(54)55-30-14-16-34-62(55)70-63)64-37-36-52-49-27-11-9-25-47(49)41-60(52)68(64)38-18-32-51-48-26-10-8-24-46(48)40-59(51)68/h1-38,40-42H,39H2. The largest absolute Gasteiger partial charge is 0.456 e. The summed E-state index contributed by atoms with van der Waals surface area (Å²) in [7, 11) is 0. The van der Waals surface area contributed by atoms with Crippen molar-refractivity contribution < 1.29 is 4.42 Å². The minimum atomic E-state index is -0.720. The summed E-state index contributed by atoms with van der Waals surface area (Å²) < 4.78 is 6.64. The van der Waals surface area contributed by atoms with Crippen LogP contribution >= 0.6 is 0 Å². The summed E-state index contributed by atoms with van der Waals surface area (Å²) in [6.45, 7) is 0. The number of furan rings is 1. The number of allylic oxidation sites excluding steroid dienone is 7. The lowest BCUT2D eigenvalue weighted by atomic mass is 9.63. The molecule has 1 spiro atoms. The highest BCUT2D eigenvalue weighted by atomic mass is 16.3. The van der Waals surface area contributed by atoms with E-state index in [0.717, 1.165) is 45.2 Å². The lowest BCUT2D eigenvalue weighted by Gasteiger charge is -2.47. The van der Waals surface area contributed by atoms with Gasteiger partial charge in [-0.3, -0.25) is 0 Å². The van der Waals surface area contributed by atoms with Crippen molar-refractivity contribution in [1.29, 1.82) is 0 Å². The zero-order valence-electron chi connectivity index (χ0n) is 38.2. The SMILES string of the molecule is C1=CC2(C3=Cc4ccccc4C3=C1)C1=Cc3ccccc3C1=CC=C2N(c1ccccc1-c1cccc2oc3ccccc3c12)c1c2c(cc(-c3ccccc3)c1-c1ccccc1)-c1ccccc1C2. The average Bonchev–Trinajstić information content (AvgIpc) is 4.21. The molecule has 0 saturated heterocycles. The van der Waals surface area contributed by atoms with E-state index in [-0.39, 0.29) is 0 Å². The van der Waals surface area contributed by atoms with E-state index in [1.807, 2.05) is 0 Å². The monoisotopic (exact) mass is 889 g/mol. The second-order valence-electron chi connectivity index (χ2n) is 19.0. The maximum Gasteiger partial charge on any atom is 0.136 e. The zero-order chi connectivity index (χ0) is 45.9. The van der Waals surface area contributed by atoms with Crippen LogP contribution in [0.1, 0.15) is 33.4 Å². The van der Waals surface area contributed by atoms with Crippen LogP contribution in [0.3, 0.4) is 0 Å². The fraction of sp³-hybridized carbons (Fsp3) is 0.0294. The predicted octanol–water partition coefficient (Wildman–Crippen LogP) is 17.7. The Balaban J connectivity index is 1.12. The van der Waals surface area contributed by atoms with Gasteiger partial charge in [-0.2, -0.15) is 0 Å². The van der Waals surface area contributed by atoms with Gasteiger partial charge < -0.3 is 9.32 Å². The molecular weight excluding hydrogens is 847 g/mol. The van der Waals surface area contributed by atoms with E-state index in [2.05, 4.69) is 254 Å². The zero-order valence-corrected chi connectivity index (χ0v) is 38.2. The number of benzene rings is 9. The Bertz CT molecular complexity index is 4050. The Morgan fingerprint density at radius 2 is 1.04 bits per heavy atom. The molecular formula is C68H43NO. The second kappa shape index (κ2) is 15.0. The summed E-state index contributed by atoms with van der Waals surface area (Å²) in [5, 5.41) is 2.22. The smallest absolute Gasteiger partial charge is 0.136 e. The van der Waals surface area contributed by atoms with E-state index in [0.29, 0.717) is 0 Å². The molecule has 0 aliphatic heterocycles. The molecule has 1 atom stereocenters. The van der Waals surface area contributed by atoms with Crippen molar-refractivity contribution in [2.45, 2.75) is 6.42 Å². The highest BCUT2D eigenvalue weighted by molar-refractivity contribution is 6.15. The molecule has 0 radical (unpaired) electrons. The van der Waals surface area contributed by atoms with Crippen molar-refractivity contribution in [3.63, 3.8) is 0 Å². The lowest BCUT2D eigenvalue weighted by Crippen LogP contribution is -2.38. The number of para-hydroxylation sites is 2. The Labute approximate surface area is 407 Å². The highest BCUT2D eigenvalue weighted by Crippen LogP contribution is 2.65. The molecule has 0 N–H and O–H groups in total. The van der Waals surface area contributed by atoms with Crippen LogP contribution in [0.2, 0.25) is 0 Å². The number of rotatable bonds is 6. The number of fused-ring (bicyclic) bond motifs is 14. The maximum atomic E-state index is 6.64. The minimum Gasteiger partial charge on any atom is -0.456 e. The molecule has 9 aromatic carbocycles. The summed E-state index contributed by atoms with van der Waals surface area (Å²) in [5.41, 5.74) is 26.9. The Kier molecular flexibility index (Phi) is 8.38. The van der Waals surface area contributed by atoms with Gasteiger partial charge in [-0.15, -0.1) is 0 Å². The molecule has 5 aliphatic carbocycles. The van der Waals surface area contributed by atoms with E-state index in [4.69, 9.17) is 4.42 Å². The third-order valence-electron chi connectivity index (χ3n) is 15.5. The number of nitrogens with zero attached hydrogens (tertiary/aromatic N) is 1. The fourth-order valence-electron chi connectivity index (χ4n) is 12.5. The van der Waals surface area contributed by atoms with E-state index >= 15 is 0 Å². The van der Waals surface area contributed by atoms with Crippen LogP contribution in [0.15, 0.2) is 258 Å². The third-order valence-corrected chi connectivity index (χ3v) is 15.5. The first-order valence-electron chi connectivity index (χ1n) is 24.4. The molecule has 15 rings (SSSR count). The van der Waals surface area contributed by atoms with Crippen molar-refractivity contribution in [3.05, 3.63) is 287 Å². The van der Waals surface area contributed by atoms with Crippen LogP contribution in [-0.2, 0) is 6.42 Å². The maximum absolute atomic E-state index is 6.64. The van der Waals surface area contributed by atoms with Gasteiger partial charge >= 0.3 is 0 Å². The second-order valence-corrected chi connectivity index (χ2v) is 19.0. The van der Waals surface area contributed by atoms with E-state index in [1.54, 1.807) is 0 Å². The van der Waals surface area contributed by atoms with Crippen LogP contribution in [0.25, 0.3) is 89.7 Å². The first-order chi connectivity index (χ1) is 34.7. The van der Waals surface area contributed by atoms with Gasteiger partial charge in [0.15, 0.2) is 0 Å². The number of hydrogen-bond donors (Lipinski definition) is 0. The summed E-state index contributed by atoms with van der Waals surface area (Å²) in [4.78, 5) is 2.71. The van der Waals surface area contributed by atoms with Gasteiger partial charge in [0.1, 0.15) is 11.2 Å². The summed E-state index contributed by atoms with van der Waals surface area (Å²) in [5.74, 6) is 0. The first-order valence-corrected chi connectivity index (χ1v) is 24.4. The molecule has 1 heterocycles. The molecule has 0 fully saturated rings. The van der Waals surface area contributed by atoms with Crippen LogP contribution in [-0.4, -0.2) is 0 Å². The molecule has 326 valence electrons.